The lowest BCUT2D eigenvalue weighted by molar-refractivity contribution is 0.0475. The van der Waals surface area contributed by atoms with Gasteiger partial charge in [0.2, 0.25) is 0 Å². The summed E-state index contributed by atoms with van der Waals surface area (Å²) in [6.45, 7) is 3.27. The van der Waals surface area contributed by atoms with Gasteiger partial charge in [0.15, 0.2) is 0 Å². The van der Waals surface area contributed by atoms with Crippen LogP contribution in [0.3, 0.4) is 0 Å². The molecule has 0 saturated carbocycles. The Kier molecular flexibility index (Phi) is 5.15. The zero-order valence-electron chi connectivity index (χ0n) is 14.3. The van der Waals surface area contributed by atoms with E-state index in [1.165, 1.54) is 11.0 Å². The van der Waals surface area contributed by atoms with Crippen molar-refractivity contribution in [3.8, 4) is 0 Å². The Bertz CT molecular complexity index is 696. The number of carbonyl (C=O) groups excluding carboxylic acids is 3. The summed E-state index contributed by atoms with van der Waals surface area (Å²) in [5.41, 5.74) is 6.65. The molecule has 1 aromatic carbocycles. The molecule has 2 aliphatic rings. The molecule has 2 unspecified atom stereocenters. The third-order valence-corrected chi connectivity index (χ3v) is 4.53. The number of rotatable bonds is 6. The van der Waals surface area contributed by atoms with Gasteiger partial charge in [-0.1, -0.05) is 0 Å². The molecule has 7 nitrogen and oxygen atoms in total. The molecule has 7 heteroatoms. The number of ether oxygens (including phenoxy) is 1. The zero-order valence-corrected chi connectivity index (χ0v) is 14.3. The fourth-order valence-corrected chi connectivity index (χ4v) is 3.11. The van der Waals surface area contributed by atoms with Crippen molar-refractivity contribution in [2.75, 3.05) is 19.7 Å². The second-order valence-electron chi connectivity index (χ2n) is 6.64. The number of imide groups is 1. The summed E-state index contributed by atoms with van der Waals surface area (Å²) in [4.78, 5) is 38.4. The Morgan fingerprint density at radius 3 is 2.80 bits per heavy atom. The molecule has 1 saturated heterocycles. The first kappa shape index (κ1) is 17.6. The second kappa shape index (κ2) is 7.33. The largest absolute Gasteiger partial charge is 0.376 e. The summed E-state index contributed by atoms with van der Waals surface area (Å²) in [5, 5.41) is 2.77. The number of hydrogen-bond acceptors (Lipinski definition) is 5. The normalized spacial score (nSPS) is 20.7. The summed E-state index contributed by atoms with van der Waals surface area (Å²) < 4.78 is 5.52. The highest BCUT2D eigenvalue weighted by Gasteiger charge is 2.37. The van der Waals surface area contributed by atoms with E-state index in [1.807, 2.05) is 6.92 Å². The van der Waals surface area contributed by atoms with E-state index in [1.54, 1.807) is 12.1 Å². The van der Waals surface area contributed by atoms with E-state index in [4.69, 9.17) is 10.5 Å². The molecule has 0 radical (unpaired) electrons. The number of carbonyl (C=O) groups is 3. The first-order valence-corrected chi connectivity index (χ1v) is 8.63. The zero-order chi connectivity index (χ0) is 18.0. The van der Waals surface area contributed by atoms with Gasteiger partial charge >= 0.3 is 0 Å². The lowest BCUT2D eigenvalue weighted by Gasteiger charge is -2.17. The lowest BCUT2D eigenvalue weighted by atomic mass is 10.1. The van der Waals surface area contributed by atoms with Crippen LogP contribution in [-0.2, 0) is 4.74 Å². The molecule has 3 amide bonds. The predicted octanol–water partition coefficient (Wildman–Crippen LogP) is 0.929. The number of nitrogens with two attached hydrogens (primary N) is 1. The van der Waals surface area contributed by atoms with Gasteiger partial charge in [-0.15, -0.1) is 0 Å². The van der Waals surface area contributed by atoms with E-state index in [-0.39, 0.29) is 42.0 Å². The van der Waals surface area contributed by atoms with Crippen molar-refractivity contribution >= 4 is 17.7 Å². The molecular formula is C18H23N3O4. The highest BCUT2D eigenvalue weighted by atomic mass is 16.5. The van der Waals surface area contributed by atoms with Crippen LogP contribution in [0.4, 0.5) is 0 Å². The molecule has 3 rings (SSSR count). The standard InChI is InChI=1S/C18H23N3O4/c1-11(19)6-7-20-16(22)12-4-5-14-15(9-12)18(24)21(17(14)23)10-13-3-2-8-25-13/h4-5,9,11,13H,2-3,6-8,10,19H2,1H3,(H,20,22). The van der Waals surface area contributed by atoms with Crippen molar-refractivity contribution in [1.29, 1.82) is 0 Å². The maximum absolute atomic E-state index is 12.6. The number of fused-ring (bicyclic) bond motifs is 1. The molecule has 1 fully saturated rings. The highest BCUT2D eigenvalue weighted by Crippen LogP contribution is 2.26. The average Bonchev–Trinajstić information content (AvgIpc) is 3.17. The smallest absolute Gasteiger partial charge is 0.261 e. The van der Waals surface area contributed by atoms with Gasteiger partial charge in [-0.3, -0.25) is 19.3 Å². The summed E-state index contributed by atoms with van der Waals surface area (Å²) in [5.74, 6) is -0.957. The molecule has 2 atom stereocenters. The average molecular weight is 345 g/mol. The van der Waals surface area contributed by atoms with Crippen LogP contribution in [0, 0.1) is 0 Å². The van der Waals surface area contributed by atoms with E-state index >= 15 is 0 Å². The maximum atomic E-state index is 12.6. The van der Waals surface area contributed by atoms with Crippen LogP contribution in [-0.4, -0.2) is 54.5 Å². The molecule has 0 spiro atoms. The van der Waals surface area contributed by atoms with E-state index in [0.29, 0.717) is 30.7 Å². The Morgan fingerprint density at radius 2 is 2.12 bits per heavy atom. The number of nitrogens with one attached hydrogen (secondary N) is 1. The molecule has 0 aromatic heterocycles. The van der Waals surface area contributed by atoms with Crippen molar-refractivity contribution in [3.63, 3.8) is 0 Å². The number of benzene rings is 1. The molecule has 2 aliphatic heterocycles. The molecule has 2 heterocycles. The quantitative estimate of drug-likeness (QED) is 0.747. The van der Waals surface area contributed by atoms with Crippen molar-refractivity contribution in [2.24, 2.45) is 5.73 Å². The molecule has 134 valence electrons. The van der Waals surface area contributed by atoms with Gasteiger partial charge in [0.05, 0.1) is 23.8 Å². The minimum absolute atomic E-state index is 0.00545. The van der Waals surface area contributed by atoms with Gasteiger partial charge in [-0.05, 0) is 44.4 Å². The van der Waals surface area contributed by atoms with Gasteiger partial charge in [0.1, 0.15) is 0 Å². The molecule has 1 aromatic rings. The lowest BCUT2D eigenvalue weighted by Crippen LogP contribution is -2.36. The fraction of sp³-hybridized carbons (Fsp3) is 0.500. The van der Waals surface area contributed by atoms with E-state index < -0.39 is 0 Å². The fourth-order valence-electron chi connectivity index (χ4n) is 3.11. The van der Waals surface area contributed by atoms with Crippen molar-refractivity contribution < 1.29 is 19.1 Å². The van der Waals surface area contributed by atoms with Crippen LogP contribution >= 0.6 is 0 Å². The molecule has 3 N–H and O–H groups in total. The van der Waals surface area contributed by atoms with Crippen LogP contribution in [0.25, 0.3) is 0 Å². The van der Waals surface area contributed by atoms with Crippen LogP contribution in [0.5, 0.6) is 0 Å². The Labute approximate surface area is 146 Å². The van der Waals surface area contributed by atoms with Crippen LogP contribution < -0.4 is 11.1 Å². The van der Waals surface area contributed by atoms with E-state index in [0.717, 1.165) is 12.8 Å². The van der Waals surface area contributed by atoms with Crippen molar-refractivity contribution in [3.05, 3.63) is 34.9 Å². The maximum Gasteiger partial charge on any atom is 0.261 e. The van der Waals surface area contributed by atoms with E-state index in [2.05, 4.69) is 5.32 Å². The van der Waals surface area contributed by atoms with Gasteiger partial charge < -0.3 is 15.8 Å². The summed E-state index contributed by atoms with van der Waals surface area (Å²) in [6, 6.07) is 4.62. The monoisotopic (exact) mass is 345 g/mol. The van der Waals surface area contributed by atoms with Gasteiger partial charge in [-0.25, -0.2) is 0 Å². The first-order chi connectivity index (χ1) is 12.0. The van der Waals surface area contributed by atoms with Crippen molar-refractivity contribution in [2.45, 2.75) is 38.3 Å². The minimum atomic E-state index is -0.360. The first-order valence-electron chi connectivity index (χ1n) is 8.63. The Morgan fingerprint density at radius 1 is 1.36 bits per heavy atom. The predicted molar refractivity (Wildman–Crippen MR) is 91.4 cm³/mol. The highest BCUT2D eigenvalue weighted by molar-refractivity contribution is 6.22. The van der Waals surface area contributed by atoms with E-state index in [9.17, 15) is 14.4 Å². The number of hydrogen-bond donors (Lipinski definition) is 2. The molecule has 0 aliphatic carbocycles. The topological polar surface area (TPSA) is 102 Å². The van der Waals surface area contributed by atoms with Gasteiger partial charge in [0, 0.05) is 24.8 Å². The minimum Gasteiger partial charge on any atom is -0.376 e. The summed E-state index contributed by atoms with van der Waals surface area (Å²) in [6.07, 6.45) is 2.37. The number of amides is 3. The molecular weight excluding hydrogens is 322 g/mol. The SMILES string of the molecule is CC(N)CCNC(=O)c1ccc2c(c1)C(=O)N(CC1CCCO1)C2=O. The Hall–Kier alpha value is -2.25. The third-order valence-electron chi connectivity index (χ3n) is 4.53. The van der Waals surface area contributed by atoms with Gasteiger partial charge in [-0.2, -0.15) is 0 Å². The molecule has 25 heavy (non-hydrogen) atoms. The van der Waals surface area contributed by atoms with Crippen molar-refractivity contribution in [1.82, 2.24) is 10.2 Å². The third kappa shape index (κ3) is 3.72. The van der Waals surface area contributed by atoms with Gasteiger partial charge in [0.25, 0.3) is 17.7 Å². The van der Waals surface area contributed by atoms with Crippen LogP contribution in [0.1, 0.15) is 57.3 Å². The summed E-state index contributed by atoms with van der Waals surface area (Å²) in [7, 11) is 0. The number of nitrogens with zero attached hydrogens (tertiary/aromatic N) is 1. The van der Waals surface area contributed by atoms with Crippen LogP contribution in [0.15, 0.2) is 18.2 Å². The second-order valence-corrected chi connectivity index (χ2v) is 6.64. The molecule has 0 bridgehead atoms. The van der Waals surface area contributed by atoms with Crippen LogP contribution in [0.2, 0.25) is 0 Å². The Balaban J connectivity index is 1.71. The summed E-state index contributed by atoms with van der Waals surface area (Å²) >= 11 is 0.